The second-order valence-electron chi connectivity index (χ2n) is 5.62. The van der Waals surface area contributed by atoms with Gasteiger partial charge >= 0.3 is 0 Å². The number of thiol groups is 1. The van der Waals surface area contributed by atoms with E-state index in [-0.39, 0.29) is 5.78 Å². The Morgan fingerprint density at radius 1 is 1.16 bits per heavy atom. The number of carbonyl (C=O) groups excluding carboxylic acids is 1. The Kier molecular flexibility index (Phi) is 5.52. The lowest BCUT2D eigenvalue weighted by Gasteiger charge is -2.01. The number of halogens is 2. The van der Waals surface area contributed by atoms with Crippen molar-refractivity contribution in [1.29, 1.82) is 0 Å². The number of ketones is 1. The number of aromatic nitrogens is 1. The Balaban J connectivity index is 1.74. The third kappa shape index (κ3) is 4.27. The topological polar surface area (TPSA) is 43.1 Å². The van der Waals surface area contributed by atoms with Crippen molar-refractivity contribution in [3.63, 3.8) is 0 Å². The van der Waals surface area contributed by atoms with Gasteiger partial charge in [-0.3, -0.25) is 4.79 Å². The molecule has 3 nitrogen and oxygen atoms in total. The molecule has 128 valence electrons. The van der Waals surface area contributed by atoms with E-state index in [2.05, 4.69) is 17.6 Å². The molecule has 2 aromatic carbocycles. The van der Waals surface area contributed by atoms with Crippen molar-refractivity contribution in [2.24, 2.45) is 0 Å². The Bertz CT molecular complexity index is 920. The van der Waals surface area contributed by atoms with Crippen LogP contribution in [0.3, 0.4) is 0 Å². The van der Waals surface area contributed by atoms with Gasteiger partial charge in [-0.1, -0.05) is 35.3 Å². The van der Waals surface area contributed by atoms with Gasteiger partial charge in [0, 0.05) is 28.3 Å². The highest BCUT2D eigenvalue weighted by Gasteiger charge is 2.16. The minimum absolute atomic E-state index is 0.0572. The number of nitrogens with zero attached hydrogens (tertiary/aromatic N) is 1. The van der Waals surface area contributed by atoms with Crippen molar-refractivity contribution in [1.82, 2.24) is 4.98 Å². The molecule has 0 radical (unpaired) electrons. The van der Waals surface area contributed by atoms with E-state index >= 15 is 0 Å². The lowest BCUT2D eigenvalue weighted by Crippen LogP contribution is -2.02. The molecule has 0 N–H and O–H groups in total. The Hall–Kier alpha value is -1.75. The van der Waals surface area contributed by atoms with Crippen LogP contribution in [0.2, 0.25) is 10.0 Å². The lowest BCUT2D eigenvalue weighted by molar-refractivity contribution is 0.0982. The van der Waals surface area contributed by atoms with E-state index < -0.39 is 0 Å². The Labute approximate surface area is 161 Å². The highest BCUT2D eigenvalue weighted by Crippen LogP contribution is 2.31. The first kappa shape index (κ1) is 18.1. The van der Waals surface area contributed by atoms with Crippen molar-refractivity contribution in [2.45, 2.75) is 24.7 Å². The number of Topliss-reactive ketones (excluding diaryl/α,β-unsaturated/α-hetero) is 1. The predicted molar refractivity (Wildman–Crippen MR) is 103 cm³/mol. The third-order valence-corrected chi connectivity index (χ3v) is 4.68. The molecule has 0 atom stereocenters. The lowest BCUT2D eigenvalue weighted by atomic mass is 10.1. The van der Waals surface area contributed by atoms with E-state index in [1.807, 2.05) is 6.92 Å². The molecule has 0 spiro atoms. The smallest absolute Gasteiger partial charge is 0.228 e. The maximum absolute atomic E-state index is 12.3. The number of hydrogen-bond donors (Lipinski definition) is 1. The quantitative estimate of drug-likeness (QED) is 0.424. The summed E-state index contributed by atoms with van der Waals surface area (Å²) in [5.74, 6) is 1.17. The van der Waals surface area contributed by atoms with E-state index in [1.54, 1.807) is 42.5 Å². The molecule has 0 bridgehead atoms. The number of oxazole rings is 1. The average Bonchev–Trinajstić information content (AvgIpc) is 2.94. The molecule has 1 heterocycles. The van der Waals surface area contributed by atoms with Gasteiger partial charge in [-0.05, 0) is 37.3 Å². The molecule has 0 fully saturated rings. The Morgan fingerprint density at radius 3 is 2.56 bits per heavy atom. The molecule has 0 aliphatic heterocycles. The van der Waals surface area contributed by atoms with Crippen molar-refractivity contribution in [2.75, 3.05) is 0 Å². The van der Waals surface area contributed by atoms with Gasteiger partial charge in [-0.2, -0.15) is 0 Å². The second-order valence-corrected chi connectivity index (χ2v) is 6.98. The van der Waals surface area contributed by atoms with Crippen molar-refractivity contribution >= 4 is 41.6 Å². The maximum atomic E-state index is 12.3. The zero-order valence-corrected chi connectivity index (χ0v) is 15.8. The van der Waals surface area contributed by atoms with Gasteiger partial charge in [-0.15, -0.1) is 12.6 Å². The molecule has 0 aliphatic carbocycles. The van der Waals surface area contributed by atoms with Gasteiger partial charge in [0.25, 0.3) is 0 Å². The highest BCUT2D eigenvalue weighted by molar-refractivity contribution is 7.80. The number of aryl methyl sites for hydroxylation is 2. The van der Waals surface area contributed by atoms with Crippen LogP contribution in [0.4, 0.5) is 0 Å². The van der Waals surface area contributed by atoms with Crippen molar-refractivity contribution < 1.29 is 9.21 Å². The highest BCUT2D eigenvalue weighted by atomic mass is 35.5. The molecule has 3 rings (SSSR count). The van der Waals surface area contributed by atoms with Crippen LogP contribution in [0.5, 0.6) is 0 Å². The first-order chi connectivity index (χ1) is 11.9. The monoisotopic (exact) mass is 391 g/mol. The van der Waals surface area contributed by atoms with E-state index in [0.717, 1.165) is 10.6 Å². The fourth-order valence-corrected chi connectivity index (χ4v) is 3.10. The summed E-state index contributed by atoms with van der Waals surface area (Å²) < 4.78 is 5.72. The first-order valence-electron chi connectivity index (χ1n) is 7.68. The minimum Gasteiger partial charge on any atom is -0.441 e. The summed E-state index contributed by atoms with van der Waals surface area (Å²) in [5.41, 5.74) is 2.09. The van der Waals surface area contributed by atoms with E-state index in [1.165, 1.54) is 0 Å². The number of benzene rings is 2. The second kappa shape index (κ2) is 7.65. The van der Waals surface area contributed by atoms with Crippen LogP contribution in [0.1, 0.15) is 28.2 Å². The van der Waals surface area contributed by atoms with E-state index in [9.17, 15) is 4.79 Å². The summed E-state index contributed by atoms with van der Waals surface area (Å²) in [4.78, 5) is 17.6. The molecule has 0 saturated carbocycles. The molecular formula is C19H15Cl2NO2S. The molecular weight excluding hydrogens is 377 g/mol. The van der Waals surface area contributed by atoms with Gasteiger partial charge in [0.1, 0.15) is 5.76 Å². The van der Waals surface area contributed by atoms with Crippen molar-refractivity contribution in [3.8, 4) is 11.5 Å². The van der Waals surface area contributed by atoms with Gasteiger partial charge < -0.3 is 4.42 Å². The first-order valence-corrected chi connectivity index (χ1v) is 8.88. The molecule has 0 unspecified atom stereocenters. The summed E-state index contributed by atoms with van der Waals surface area (Å²) in [6.45, 7) is 1.83. The third-order valence-electron chi connectivity index (χ3n) is 3.83. The zero-order chi connectivity index (χ0) is 18.0. The molecule has 6 heteroatoms. The zero-order valence-electron chi connectivity index (χ0n) is 13.4. The molecule has 0 aliphatic rings. The standard InChI is InChI=1S/C19H15Cl2NO2S/c1-11-17(8-9-18(23)12-2-5-14(25)6-3-12)22-19(24-11)15-7-4-13(20)10-16(15)21/h2-7,10,25H,8-9H2,1H3. The van der Waals surface area contributed by atoms with Crippen LogP contribution >= 0.6 is 35.8 Å². The summed E-state index contributed by atoms with van der Waals surface area (Å²) in [5, 5.41) is 1.03. The van der Waals surface area contributed by atoms with Crippen LogP contribution < -0.4 is 0 Å². The van der Waals surface area contributed by atoms with Crippen molar-refractivity contribution in [3.05, 3.63) is 69.5 Å². The molecule has 0 amide bonds. The summed E-state index contributed by atoms with van der Waals surface area (Å²) in [7, 11) is 0. The van der Waals surface area contributed by atoms with Crippen LogP contribution in [0, 0.1) is 6.92 Å². The molecule has 25 heavy (non-hydrogen) atoms. The molecule has 3 aromatic rings. The summed E-state index contributed by atoms with van der Waals surface area (Å²) in [6, 6.07) is 12.3. The fourth-order valence-electron chi connectivity index (χ4n) is 2.46. The Morgan fingerprint density at radius 2 is 1.88 bits per heavy atom. The van der Waals surface area contributed by atoms with Gasteiger partial charge in [-0.25, -0.2) is 4.98 Å². The minimum atomic E-state index is 0.0572. The molecule has 1 aromatic heterocycles. The van der Waals surface area contributed by atoms with Crippen LogP contribution in [-0.4, -0.2) is 10.8 Å². The van der Waals surface area contributed by atoms with Gasteiger partial charge in [0.15, 0.2) is 5.78 Å². The maximum Gasteiger partial charge on any atom is 0.228 e. The normalized spacial score (nSPS) is 10.9. The molecule has 0 saturated heterocycles. The van der Waals surface area contributed by atoms with Gasteiger partial charge in [0.05, 0.1) is 16.3 Å². The fraction of sp³-hybridized carbons (Fsp3) is 0.158. The number of carbonyl (C=O) groups is 1. The number of rotatable bonds is 5. The van der Waals surface area contributed by atoms with E-state index in [0.29, 0.717) is 45.7 Å². The van der Waals surface area contributed by atoms with E-state index in [4.69, 9.17) is 27.6 Å². The van der Waals surface area contributed by atoms with Gasteiger partial charge in [0.2, 0.25) is 5.89 Å². The largest absolute Gasteiger partial charge is 0.441 e. The predicted octanol–water partition coefficient (Wildman–Crippen LogP) is 6.06. The SMILES string of the molecule is Cc1oc(-c2ccc(Cl)cc2Cl)nc1CCC(=O)c1ccc(S)cc1. The summed E-state index contributed by atoms with van der Waals surface area (Å²) >= 11 is 16.3. The van der Waals surface area contributed by atoms with Crippen LogP contribution in [0.25, 0.3) is 11.5 Å². The van der Waals surface area contributed by atoms with Crippen LogP contribution in [-0.2, 0) is 6.42 Å². The number of hydrogen-bond acceptors (Lipinski definition) is 4. The van der Waals surface area contributed by atoms with Crippen LogP contribution in [0.15, 0.2) is 51.8 Å². The summed E-state index contributed by atoms with van der Waals surface area (Å²) in [6.07, 6.45) is 0.856. The average molecular weight is 392 g/mol.